The van der Waals surface area contributed by atoms with Gasteiger partial charge in [-0.15, -0.1) is 0 Å². The summed E-state index contributed by atoms with van der Waals surface area (Å²) in [6.07, 6.45) is 1.12. The molecule has 1 aliphatic heterocycles. The van der Waals surface area contributed by atoms with Gasteiger partial charge in [-0.2, -0.15) is 4.98 Å². The molecule has 1 fully saturated rings. The highest BCUT2D eigenvalue weighted by Gasteiger charge is 2.26. The van der Waals surface area contributed by atoms with Crippen LogP contribution in [0.25, 0.3) is 11.1 Å². The molecule has 1 atom stereocenters. The van der Waals surface area contributed by atoms with Crippen LogP contribution in [0.4, 0.5) is 6.01 Å². The normalized spacial score (nSPS) is 15.4. The molecule has 3 N–H and O–H groups in total. The van der Waals surface area contributed by atoms with Crippen LogP contribution >= 0.6 is 0 Å². The van der Waals surface area contributed by atoms with Gasteiger partial charge in [-0.1, -0.05) is 0 Å². The van der Waals surface area contributed by atoms with Crippen molar-refractivity contribution in [3.05, 3.63) is 42.0 Å². The maximum Gasteiger partial charge on any atom is 0.298 e. The van der Waals surface area contributed by atoms with E-state index in [2.05, 4.69) is 22.3 Å². The molecule has 3 aromatic rings. The molecule has 0 amide bonds. The molecular weight excluding hydrogens is 474 g/mol. The molecule has 0 aliphatic carbocycles. The number of anilines is 1. The number of aliphatic hydroxyl groups is 2. The number of nitrogens with zero attached hydrogens (tertiary/aromatic N) is 2. The van der Waals surface area contributed by atoms with Crippen LogP contribution in [-0.2, 0) is 6.54 Å². The van der Waals surface area contributed by atoms with Crippen molar-refractivity contribution in [2.45, 2.75) is 71.4 Å². The van der Waals surface area contributed by atoms with Crippen LogP contribution in [-0.4, -0.2) is 65.9 Å². The second-order valence-electron chi connectivity index (χ2n) is 10.0. The Morgan fingerprint density at radius 3 is 2.30 bits per heavy atom. The number of ether oxygens (including phenoxy) is 3. The Morgan fingerprint density at radius 1 is 1.00 bits per heavy atom. The van der Waals surface area contributed by atoms with E-state index in [4.69, 9.17) is 28.7 Å². The summed E-state index contributed by atoms with van der Waals surface area (Å²) in [5, 5.41) is 22.1. The SMILES string of the molecule is CC(C)Oc1cc(CN(c2nc3cc(OCC(O)CO)ccc3o2)C2CCNCC2)cc(OC(C)C)c1. The first-order chi connectivity index (χ1) is 17.8. The van der Waals surface area contributed by atoms with E-state index in [-0.39, 0.29) is 31.5 Å². The molecule has 4 rings (SSSR count). The summed E-state index contributed by atoms with van der Waals surface area (Å²) in [4.78, 5) is 7.05. The van der Waals surface area contributed by atoms with Crippen molar-refractivity contribution in [3.8, 4) is 17.2 Å². The molecule has 2 aromatic carbocycles. The molecule has 1 aromatic heterocycles. The number of piperidine rings is 1. The molecule has 9 nitrogen and oxygen atoms in total. The third-order valence-electron chi connectivity index (χ3n) is 6.03. The first-order valence-corrected chi connectivity index (χ1v) is 13.1. The molecule has 1 aliphatic rings. The van der Waals surface area contributed by atoms with E-state index in [9.17, 15) is 5.11 Å². The molecule has 2 heterocycles. The molecule has 9 heteroatoms. The number of benzene rings is 2. The highest BCUT2D eigenvalue weighted by atomic mass is 16.5. The number of fused-ring (bicyclic) bond motifs is 1. The molecule has 0 bridgehead atoms. The Balaban J connectivity index is 1.64. The second-order valence-corrected chi connectivity index (χ2v) is 10.0. The summed E-state index contributed by atoms with van der Waals surface area (Å²) in [6, 6.07) is 12.2. The molecule has 0 saturated carbocycles. The van der Waals surface area contributed by atoms with Gasteiger partial charge in [0, 0.05) is 24.7 Å². The van der Waals surface area contributed by atoms with E-state index >= 15 is 0 Å². The quantitative estimate of drug-likeness (QED) is 0.332. The summed E-state index contributed by atoms with van der Waals surface area (Å²) < 4.78 is 23.9. The van der Waals surface area contributed by atoms with Crippen molar-refractivity contribution in [1.29, 1.82) is 0 Å². The van der Waals surface area contributed by atoms with Crippen LogP contribution in [0.3, 0.4) is 0 Å². The monoisotopic (exact) mass is 513 g/mol. The lowest BCUT2D eigenvalue weighted by molar-refractivity contribution is 0.0536. The van der Waals surface area contributed by atoms with Crippen LogP contribution in [0, 0.1) is 0 Å². The predicted octanol–water partition coefficient (Wildman–Crippen LogP) is 3.89. The molecule has 202 valence electrons. The third-order valence-corrected chi connectivity index (χ3v) is 6.03. The number of aliphatic hydroxyl groups excluding tert-OH is 2. The fraction of sp³-hybridized carbons (Fsp3) is 0.536. The molecular formula is C28H39N3O6. The Labute approximate surface area is 218 Å². The van der Waals surface area contributed by atoms with E-state index in [0.717, 1.165) is 43.0 Å². The Kier molecular flexibility index (Phi) is 9.13. The van der Waals surface area contributed by atoms with Crippen LogP contribution in [0.5, 0.6) is 17.2 Å². The van der Waals surface area contributed by atoms with E-state index in [1.165, 1.54) is 0 Å². The standard InChI is InChI=1S/C28H39N3O6/c1-18(2)35-24-11-20(12-25(13-24)36-19(3)4)15-31(21-7-9-29-10-8-21)28-30-26-14-23(5-6-27(26)37-28)34-17-22(33)16-32/h5-6,11-14,18-19,21-22,29,32-33H,7-10,15-17H2,1-4H3. The van der Waals surface area contributed by atoms with Crippen molar-refractivity contribution < 1.29 is 28.8 Å². The van der Waals surface area contributed by atoms with Gasteiger partial charge >= 0.3 is 0 Å². The van der Waals surface area contributed by atoms with E-state index in [1.54, 1.807) is 12.1 Å². The Bertz CT molecular complexity index is 1110. The third kappa shape index (κ3) is 7.50. The first kappa shape index (κ1) is 27.0. The smallest absolute Gasteiger partial charge is 0.298 e. The van der Waals surface area contributed by atoms with Gasteiger partial charge in [0.15, 0.2) is 5.58 Å². The fourth-order valence-corrected chi connectivity index (χ4v) is 4.42. The number of nitrogens with one attached hydrogen (secondary N) is 1. The lowest BCUT2D eigenvalue weighted by atomic mass is 10.0. The highest BCUT2D eigenvalue weighted by Crippen LogP contribution is 2.32. The zero-order valence-corrected chi connectivity index (χ0v) is 22.1. The van der Waals surface area contributed by atoms with Gasteiger partial charge in [0.1, 0.15) is 35.5 Å². The number of hydrogen-bond donors (Lipinski definition) is 3. The van der Waals surface area contributed by atoms with Crippen molar-refractivity contribution in [1.82, 2.24) is 10.3 Å². The Morgan fingerprint density at radius 2 is 1.68 bits per heavy atom. The average Bonchev–Trinajstić information content (AvgIpc) is 3.28. The van der Waals surface area contributed by atoms with Gasteiger partial charge in [-0.05, 0) is 83.5 Å². The minimum atomic E-state index is -0.932. The van der Waals surface area contributed by atoms with Crippen molar-refractivity contribution in [2.75, 3.05) is 31.2 Å². The van der Waals surface area contributed by atoms with Crippen LogP contribution in [0.15, 0.2) is 40.8 Å². The minimum Gasteiger partial charge on any atom is -0.491 e. The van der Waals surface area contributed by atoms with Gasteiger partial charge < -0.3 is 39.1 Å². The van der Waals surface area contributed by atoms with Gasteiger partial charge in [-0.3, -0.25) is 0 Å². The average molecular weight is 514 g/mol. The maximum atomic E-state index is 9.59. The maximum absolute atomic E-state index is 9.59. The van der Waals surface area contributed by atoms with Crippen LogP contribution in [0.1, 0.15) is 46.1 Å². The largest absolute Gasteiger partial charge is 0.491 e. The van der Waals surface area contributed by atoms with E-state index in [1.807, 2.05) is 39.8 Å². The number of rotatable bonds is 12. The van der Waals surface area contributed by atoms with Gasteiger partial charge in [-0.25, -0.2) is 0 Å². The molecule has 0 spiro atoms. The van der Waals surface area contributed by atoms with Crippen LogP contribution < -0.4 is 24.4 Å². The number of hydrogen-bond acceptors (Lipinski definition) is 9. The summed E-state index contributed by atoms with van der Waals surface area (Å²) >= 11 is 0. The number of aromatic nitrogens is 1. The highest BCUT2D eigenvalue weighted by molar-refractivity contribution is 5.76. The molecule has 1 unspecified atom stereocenters. The summed E-state index contributed by atoms with van der Waals surface area (Å²) in [5.41, 5.74) is 2.38. The molecule has 37 heavy (non-hydrogen) atoms. The van der Waals surface area contributed by atoms with Crippen LogP contribution in [0.2, 0.25) is 0 Å². The minimum absolute atomic E-state index is 0.00346. The van der Waals surface area contributed by atoms with Crippen molar-refractivity contribution in [3.63, 3.8) is 0 Å². The summed E-state index contributed by atoms with van der Waals surface area (Å²) in [6.45, 7) is 10.2. The second kappa shape index (κ2) is 12.5. The number of oxazole rings is 1. The topological polar surface area (TPSA) is 109 Å². The molecule has 0 radical (unpaired) electrons. The Hall–Kier alpha value is -3.01. The fourth-order valence-electron chi connectivity index (χ4n) is 4.42. The lowest BCUT2D eigenvalue weighted by Crippen LogP contribution is -2.43. The van der Waals surface area contributed by atoms with Gasteiger partial charge in [0.2, 0.25) is 0 Å². The predicted molar refractivity (Wildman–Crippen MR) is 143 cm³/mol. The summed E-state index contributed by atoms with van der Waals surface area (Å²) in [5.74, 6) is 2.11. The zero-order chi connectivity index (χ0) is 26.4. The van der Waals surface area contributed by atoms with Crippen molar-refractivity contribution >= 4 is 17.1 Å². The molecule has 1 saturated heterocycles. The summed E-state index contributed by atoms with van der Waals surface area (Å²) in [7, 11) is 0. The van der Waals surface area contributed by atoms with E-state index < -0.39 is 6.10 Å². The van der Waals surface area contributed by atoms with Crippen molar-refractivity contribution in [2.24, 2.45) is 0 Å². The van der Waals surface area contributed by atoms with E-state index in [0.29, 0.717) is 29.4 Å². The lowest BCUT2D eigenvalue weighted by Gasteiger charge is -2.33. The first-order valence-electron chi connectivity index (χ1n) is 13.1. The van der Waals surface area contributed by atoms with Gasteiger partial charge in [0.05, 0.1) is 18.8 Å². The van der Waals surface area contributed by atoms with Gasteiger partial charge in [0.25, 0.3) is 6.01 Å². The zero-order valence-electron chi connectivity index (χ0n) is 22.1.